The Morgan fingerprint density at radius 3 is 2.56 bits per heavy atom. The smallest absolute Gasteiger partial charge is 0.152 e. The summed E-state index contributed by atoms with van der Waals surface area (Å²) in [6.07, 6.45) is 5.56. The number of rotatable bonds is 6. The highest BCUT2D eigenvalue weighted by Gasteiger charge is 2.30. The summed E-state index contributed by atoms with van der Waals surface area (Å²) < 4.78 is 29.8. The lowest BCUT2D eigenvalue weighted by Crippen LogP contribution is -2.41. The maximum atomic E-state index is 12.2. The van der Waals surface area contributed by atoms with Crippen molar-refractivity contribution in [1.82, 2.24) is 5.32 Å². The van der Waals surface area contributed by atoms with E-state index >= 15 is 0 Å². The summed E-state index contributed by atoms with van der Waals surface area (Å²) in [5.74, 6) is 1.42. The normalized spacial score (nSPS) is 27.7. The molecule has 0 amide bonds. The molecule has 1 saturated carbocycles. The monoisotopic (exact) mass is 275 g/mol. The third kappa shape index (κ3) is 3.93. The maximum Gasteiger partial charge on any atom is 0.152 e. The molecule has 0 aromatic carbocycles. The molecule has 2 aliphatic rings. The van der Waals surface area contributed by atoms with Crippen LogP contribution in [0.5, 0.6) is 0 Å². The van der Waals surface area contributed by atoms with E-state index in [0.717, 1.165) is 25.9 Å². The number of ether oxygens (including phenoxy) is 1. The van der Waals surface area contributed by atoms with E-state index in [1.807, 2.05) is 7.05 Å². The lowest BCUT2D eigenvalue weighted by molar-refractivity contribution is 0.179. The van der Waals surface area contributed by atoms with Crippen LogP contribution in [0.4, 0.5) is 0 Å². The number of nitrogens with one attached hydrogen (secondary N) is 1. The molecule has 2 unspecified atom stereocenters. The van der Waals surface area contributed by atoms with Crippen LogP contribution in [-0.2, 0) is 14.6 Å². The molecule has 2 atom stereocenters. The Bertz CT molecular complexity index is 343. The molecule has 5 heteroatoms. The summed E-state index contributed by atoms with van der Waals surface area (Å²) in [7, 11) is -1.08. The van der Waals surface area contributed by atoms with Crippen LogP contribution in [0.25, 0.3) is 0 Å². The van der Waals surface area contributed by atoms with E-state index in [0.29, 0.717) is 24.2 Å². The molecule has 0 aromatic heterocycles. The Balaban J connectivity index is 1.88. The molecule has 4 nitrogen and oxygen atoms in total. The van der Waals surface area contributed by atoms with Gasteiger partial charge < -0.3 is 10.1 Å². The van der Waals surface area contributed by atoms with E-state index in [2.05, 4.69) is 5.32 Å². The van der Waals surface area contributed by atoms with Crippen LogP contribution in [0.2, 0.25) is 0 Å². The van der Waals surface area contributed by atoms with E-state index in [4.69, 9.17) is 4.74 Å². The van der Waals surface area contributed by atoms with Gasteiger partial charge in [-0.2, -0.15) is 0 Å². The lowest BCUT2D eigenvalue weighted by Gasteiger charge is -2.22. The average molecular weight is 275 g/mol. The first-order valence-electron chi connectivity index (χ1n) is 7.06. The van der Waals surface area contributed by atoms with Gasteiger partial charge in [0.05, 0.1) is 18.1 Å². The zero-order valence-corrected chi connectivity index (χ0v) is 12.0. The fraction of sp³-hybridized carbons (Fsp3) is 1.00. The molecule has 0 radical (unpaired) electrons. The Morgan fingerprint density at radius 2 is 2.00 bits per heavy atom. The molecule has 1 saturated heterocycles. The molecule has 1 heterocycles. The van der Waals surface area contributed by atoms with Gasteiger partial charge in [0.1, 0.15) is 0 Å². The topological polar surface area (TPSA) is 55.4 Å². The van der Waals surface area contributed by atoms with Gasteiger partial charge in [-0.25, -0.2) is 8.42 Å². The predicted octanol–water partition coefficient (Wildman–Crippen LogP) is 1.22. The van der Waals surface area contributed by atoms with E-state index in [1.54, 1.807) is 0 Å². The molecular formula is C13H25NO3S. The highest BCUT2D eigenvalue weighted by Crippen LogP contribution is 2.27. The molecule has 18 heavy (non-hydrogen) atoms. The Labute approximate surface area is 110 Å². The number of hydrogen-bond donors (Lipinski definition) is 1. The Kier molecular flexibility index (Phi) is 5.04. The molecule has 0 bridgehead atoms. The summed E-state index contributed by atoms with van der Waals surface area (Å²) in [4.78, 5) is 0. The van der Waals surface area contributed by atoms with Gasteiger partial charge in [0, 0.05) is 18.6 Å². The standard InChI is InChI=1S/C13H25NO3S/c1-14-13(12-6-7-17-8-12)10-18(15,16)9-11-4-2-3-5-11/h11-14H,2-10H2,1H3. The zero-order valence-electron chi connectivity index (χ0n) is 11.2. The number of sulfone groups is 1. The van der Waals surface area contributed by atoms with Gasteiger partial charge in [-0.05, 0) is 32.2 Å². The molecule has 1 aliphatic heterocycles. The fourth-order valence-corrected chi connectivity index (χ4v) is 5.38. The van der Waals surface area contributed by atoms with Crippen LogP contribution >= 0.6 is 0 Å². The highest BCUT2D eigenvalue weighted by molar-refractivity contribution is 7.91. The van der Waals surface area contributed by atoms with Gasteiger partial charge in [-0.3, -0.25) is 0 Å². The maximum absolute atomic E-state index is 12.2. The van der Waals surface area contributed by atoms with E-state index in [9.17, 15) is 8.42 Å². The van der Waals surface area contributed by atoms with E-state index < -0.39 is 9.84 Å². The van der Waals surface area contributed by atoms with Crippen LogP contribution in [0.15, 0.2) is 0 Å². The third-order valence-corrected chi connectivity index (χ3v) is 6.15. The molecule has 2 fully saturated rings. The van der Waals surface area contributed by atoms with Crippen molar-refractivity contribution in [3.63, 3.8) is 0 Å². The molecule has 2 rings (SSSR count). The van der Waals surface area contributed by atoms with Gasteiger partial charge >= 0.3 is 0 Å². The van der Waals surface area contributed by atoms with Crippen molar-refractivity contribution in [2.24, 2.45) is 11.8 Å². The van der Waals surface area contributed by atoms with Crippen LogP contribution < -0.4 is 5.32 Å². The van der Waals surface area contributed by atoms with Crippen molar-refractivity contribution in [2.75, 3.05) is 31.8 Å². The fourth-order valence-electron chi connectivity index (χ4n) is 3.20. The molecule has 1 aliphatic carbocycles. The highest BCUT2D eigenvalue weighted by atomic mass is 32.2. The number of hydrogen-bond acceptors (Lipinski definition) is 4. The summed E-state index contributed by atoms with van der Waals surface area (Å²) in [6, 6.07) is 0.0545. The SMILES string of the molecule is CNC(CS(=O)(=O)CC1CCCC1)C1CCOC1. The second-order valence-corrected chi connectivity index (χ2v) is 7.90. The van der Waals surface area contributed by atoms with E-state index in [1.165, 1.54) is 12.8 Å². The summed E-state index contributed by atoms with van der Waals surface area (Å²) in [5, 5.41) is 3.17. The first-order valence-corrected chi connectivity index (χ1v) is 8.88. The van der Waals surface area contributed by atoms with Crippen LogP contribution in [0, 0.1) is 11.8 Å². The molecule has 1 N–H and O–H groups in total. The Morgan fingerprint density at radius 1 is 1.28 bits per heavy atom. The first kappa shape index (κ1) is 14.3. The Hall–Kier alpha value is -0.130. The van der Waals surface area contributed by atoms with Gasteiger partial charge in [0.2, 0.25) is 0 Å². The largest absolute Gasteiger partial charge is 0.381 e. The molecular weight excluding hydrogens is 250 g/mol. The van der Waals surface area contributed by atoms with Crippen molar-refractivity contribution in [1.29, 1.82) is 0 Å². The second-order valence-electron chi connectivity index (χ2n) is 5.75. The molecule has 0 aromatic rings. The minimum Gasteiger partial charge on any atom is -0.381 e. The summed E-state index contributed by atoms with van der Waals surface area (Å²) in [5.41, 5.74) is 0. The van der Waals surface area contributed by atoms with Gasteiger partial charge in [-0.1, -0.05) is 12.8 Å². The molecule has 106 valence electrons. The van der Waals surface area contributed by atoms with Crippen LogP contribution in [0.1, 0.15) is 32.1 Å². The van der Waals surface area contributed by atoms with Gasteiger partial charge in [0.15, 0.2) is 9.84 Å². The zero-order chi connectivity index (χ0) is 13.0. The van der Waals surface area contributed by atoms with Crippen LogP contribution in [-0.4, -0.2) is 46.2 Å². The minimum absolute atomic E-state index is 0.0545. The van der Waals surface area contributed by atoms with Crippen molar-refractivity contribution >= 4 is 9.84 Å². The van der Waals surface area contributed by atoms with Gasteiger partial charge in [-0.15, -0.1) is 0 Å². The first-order chi connectivity index (χ1) is 8.61. The van der Waals surface area contributed by atoms with E-state index in [-0.39, 0.29) is 11.8 Å². The van der Waals surface area contributed by atoms with Crippen molar-refractivity contribution < 1.29 is 13.2 Å². The summed E-state index contributed by atoms with van der Waals surface area (Å²) in [6.45, 7) is 1.47. The third-order valence-electron chi connectivity index (χ3n) is 4.30. The lowest BCUT2D eigenvalue weighted by atomic mass is 10.0. The van der Waals surface area contributed by atoms with Crippen molar-refractivity contribution in [3.05, 3.63) is 0 Å². The predicted molar refractivity (Wildman–Crippen MR) is 72.4 cm³/mol. The quantitative estimate of drug-likeness (QED) is 0.792. The average Bonchev–Trinajstić information content (AvgIpc) is 2.97. The van der Waals surface area contributed by atoms with Crippen LogP contribution in [0.3, 0.4) is 0 Å². The van der Waals surface area contributed by atoms with Crippen molar-refractivity contribution in [3.8, 4) is 0 Å². The summed E-state index contributed by atoms with van der Waals surface area (Å²) >= 11 is 0. The van der Waals surface area contributed by atoms with Gasteiger partial charge in [0.25, 0.3) is 0 Å². The minimum atomic E-state index is -2.93. The van der Waals surface area contributed by atoms with Crippen molar-refractivity contribution in [2.45, 2.75) is 38.1 Å². The molecule has 0 spiro atoms. The second kappa shape index (κ2) is 6.35.